The van der Waals surface area contributed by atoms with E-state index in [2.05, 4.69) is 25.3 Å². The van der Waals surface area contributed by atoms with Crippen LogP contribution in [0.25, 0.3) is 5.57 Å². The summed E-state index contributed by atoms with van der Waals surface area (Å²) in [5.41, 5.74) is 11.6. The number of rotatable bonds is 4. The Morgan fingerprint density at radius 2 is 1.84 bits per heavy atom. The molecule has 1 aliphatic heterocycles. The fraction of sp³-hybridized carbons (Fsp3) is 0.389. The number of nitrogens with zero attached hydrogens (tertiary/aromatic N) is 2. The Morgan fingerprint density at radius 1 is 1.20 bits per heavy atom. The molecule has 7 heteroatoms. The summed E-state index contributed by atoms with van der Waals surface area (Å²) in [4.78, 5) is 13.9. The van der Waals surface area contributed by atoms with Crippen molar-refractivity contribution in [1.82, 2.24) is 4.31 Å². The molecule has 0 unspecified atom stereocenters. The highest BCUT2D eigenvalue weighted by Gasteiger charge is 2.29. The number of benzene rings is 1. The Kier molecular flexibility index (Phi) is 4.47. The van der Waals surface area contributed by atoms with Crippen LogP contribution >= 0.6 is 0 Å². The van der Waals surface area contributed by atoms with Crippen molar-refractivity contribution in [3.05, 3.63) is 46.4 Å². The van der Waals surface area contributed by atoms with Crippen molar-refractivity contribution in [3.63, 3.8) is 0 Å². The van der Waals surface area contributed by atoms with E-state index in [1.807, 2.05) is 6.07 Å². The van der Waals surface area contributed by atoms with Crippen LogP contribution in [0, 0.1) is 0 Å². The number of carbonyl (C=O) groups is 1. The second-order valence-corrected chi connectivity index (χ2v) is 8.41. The van der Waals surface area contributed by atoms with Gasteiger partial charge in [0.2, 0.25) is 15.9 Å². The molecular formula is C18H23N3O3S. The van der Waals surface area contributed by atoms with Crippen molar-refractivity contribution in [1.29, 1.82) is 0 Å². The molecule has 2 N–H and O–H groups in total. The van der Waals surface area contributed by atoms with Crippen molar-refractivity contribution in [2.75, 3.05) is 31.1 Å². The van der Waals surface area contributed by atoms with E-state index in [0.717, 1.165) is 28.6 Å². The molecule has 0 spiro atoms. The van der Waals surface area contributed by atoms with E-state index in [-0.39, 0.29) is 0 Å². The average Bonchev–Trinajstić information content (AvgIpc) is 2.89. The lowest BCUT2D eigenvalue weighted by molar-refractivity contribution is 0.0999. The second-order valence-electron chi connectivity index (χ2n) is 6.53. The standard InChI is InChI=1S/C18H23N3O3S/c1-4-25(23,24)21-9-7-20(8-10-21)16-6-5-14(18(19)22)15-11-12(2)13(3)17(15)16/h4-6H,1,7-11H2,2-3H3,(H2,19,22). The lowest BCUT2D eigenvalue weighted by atomic mass is 9.97. The minimum atomic E-state index is -3.38. The van der Waals surface area contributed by atoms with Crippen molar-refractivity contribution in [2.24, 2.45) is 5.73 Å². The van der Waals surface area contributed by atoms with Crippen molar-refractivity contribution >= 4 is 27.2 Å². The first-order valence-corrected chi connectivity index (χ1v) is 9.76. The second kappa shape index (κ2) is 6.31. The number of sulfonamides is 1. The third-order valence-electron chi connectivity index (χ3n) is 5.16. The Labute approximate surface area is 148 Å². The first-order chi connectivity index (χ1) is 11.8. The smallest absolute Gasteiger partial charge is 0.249 e. The SMILES string of the molecule is C=CS(=O)(=O)N1CCN(c2ccc(C(N)=O)c3c2C(C)=C(C)C3)CC1. The summed E-state index contributed by atoms with van der Waals surface area (Å²) in [5, 5.41) is 0.998. The number of primary amides is 1. The molecule has 134 valence electrons. The summed E-state index contributed by atoms with van der Waals surface area (Å²) in [6, 6.07) is 3.72. The van der Waals surface area contributed by atoms with E-state index < -0.39 is 15.9 Å². The van der Waals surface area contributed by atoms with E-state index in [1.54, 1.807) is 6.07 Å². The van der Waals surface area contributed by atoms with Crippen LogP contribution in [0.4, 0.5) is 5.69 Å². The van der Waals surface area contributed by atoms with Gasteiger partial charge in [0.05, 0.1) is 0 Å². The van der Waals surface area contributed by atoms with Crippen LogP contribution in [-0.2, 0) is 16.4 Å². The lowest BCUT2D eigenvalue weighted by Crippen LogP contribution is -2.48. The first-order valence-electron chi connectivity index (χ1n) is 8.26. The number of amides is 1. The van der Waals surface area contributed by atoms with E-state index in [4.69, 9.17) is 5.73 Å². The van der Waals surface area contributed by atoms with Gasteiger partial charge >= 0.3 is 0 Å². The summed E-state index contributed by atoms with van der Waals surface area (Å²) < 4.78 is 25.3. The minimum absolute atomic E-state index is 0.410. The van der Waals surface area contributed by atoms with E-state index in [9.17, 15) is 13.2 Å². The molecule has 3 rings (SSSR count). The first kappa shape index (κ1) is 17.7. The quantitative estimate of drug-likeness (QED) is 0.885. The summed E-state index contributed by atoms with van der Waals surface area (Å²) in [7, 11) is -3.38. The van der Waals surface area contributed by atoms with E-state index >= 15 is 0 Å². The van der Waals surface area contributed by atoms with Gasteiger partial charge in [0, 0.05) is 48.4 Å². The Morgan fingerprint density at radius 3 is 2.40 bits per heavy atom. The fourth-order valence-electron chi connectivity index (χ4n) is 3.63. The minimum Gasteiger partial charge on any atom is -0.368 e. The number of anilines is 1. The molecule has 0 bridgehead atoms. The molecule has 1 amide bonds. The van der Waals surface area contributed by atoms with Gasteiger partial charge in [-0.3, -0.25) is 4.79 Å². The zero-order chi connectivity index (χ0) is 18.4. The highest BCUT2D eigenvalue weighted by molar-refractivity contribution is 7.92. The van der Waals surface area contributed by atoms with Gasteiger partial charge in [-0.2, -0.15) is 4.31 Å². The Bertz CT molecular complexity index is 879. The van der Waals surface area contributed by atoms with Crippen molar-refractivity contribution in [3.8, 4) is 0 Å². The third kappa shape index (κ3) is 2.98. The van der Waals surface area contributed by atoms with Crippen LogP contribution in [0.1, 0.15) is 35.3 Å². The molecule has 0 saturated carbocycles. The van der Waals surface area contributed by atoms with Crippen LogP contribution in [0.2, 0.25) is 0 Å². The Balaban J connectivity index is 1.94. The average molecular weight is 361 g/mol. The summed E-state index contributed by atoms with van der Waals surface area (Å²) in [6.45, 7) is 9.55. The fourth-order valence-corrected chi connectivity index (χ4v) is 4.51. The summed E-state index contributed by atoms with van der Waals surface area (Å²) in [6.07, 6.45) is 0.734. The maximum Gasteiger partial charge on any atom is 0.249 e. The molecule has 1 aliphatic carbocycles. The largest absolute Gasteiger partial charge is 0.368 e. The van der Waals surface area contributed by atoms with Crippen molar-refractivity contribution in [2.45, 2.75) is 20.3 Å². The Hall–Kier alpha value is -2.12. The molecular weight excluding hydrogens is 338 g/mol. The molecule has 6 nitrogen and oxygen atoms in total. The molecule has 0 radical (unpaired) electrons. The van der Waals surface area contributed by atoms with Crippen LogP contribution < -0.4 is 10.6 Å². The number of fused-ring (bicyclic) bond motifs is 1. The zero-order valence-corrected chi connectivity index (χ0v) is 15.4. The lowest BCUT2D eigenvalue weighted by Gasteiger charge is -2.36. The highest BCUT2D eigenvalue weighted by atomic mass is 32.2. The number of piperazine rings is 1. The molecule has 1 aromatic carbocycles. The number of hydrogen-bond acceptors (Lipinski definition) is 4. The van der Waals surface area contributed by atoms with Gasteiger partial charge in [0.25, 0.3) is 0 Å². The number of carbonyl (C=O) groups excluding carboxylic acids is 1. The van der Waals surface area contributed by atoms with Crippen LogP contribution in [0.3, 0.4) is 0 Å². The van der Waals surface area contributed by atoms with Crippen molar-refractivity contribution < 1.29 is 13.2 Å². The van der Waals surface area contributed by atoms with Gasteiger partial charge in [-0.05, 0) is 43.5 Å². The van der Waals surface area contributed by atoms with Crippen LogP contribution in [0.15, 0.2) is 29.7 Å². The van der Waals surface area contributed by atoms with Gasteiger partial charge in [-0.1, -0.05) is 12.2 Å². The maximum absolute atomic E-state index is 11.9. The molecule has 1 aromatic rings. The van der Waals surface area contributed by atoms with Gasteiger partial charge in [-0.15, -0.1) is 0 Å². The van der Waals surface area contributed by atoms with Crippen LogP contribution in [0.5, 0.6) is 0 Å². The number of nitrogens with two attached hydrogens (primary N) is 1. The molecule has 0 atom stereocenters. The van der Waals surface area contributed by atoms with Gasteiger partial charge < -0.3 is 10.6 Å². The third-order valence-corrected chi connectivity index (χ3v) is 6.67. The predicted molar refractivity (Wildman–Crippen MR) is 99.8 cm³/mol. The van der Waals surface area contributed by atoms with Gasteiger partial charge in [0.15, 0.2) is 0 Å². The number of hydrogen-bond donors (Lipinski definition) is 1. The molecule has 1 saturated heterocycles. The van der Waals surface area contributed by atoms with Crippen LogP contribution in [-0.4, -0.2) is 44.8 Å². The van der Waals surface area contributed by atoms with Gasteiger partial charge in [0.1, 0.15) is 0 Å². The zero-order valence-electron chi connectivity index (χ0n) is 14.6. The monoisotopic (exact) mass is 361 g/mol. The maximum atomic E-state index is 11.9. The number of allylic oxidation sites excluding steroid dienone is 2. The predicted octanol–water partition coefficient (Wildman–Crippen LogP) is 1.73. The van der Waals surface area contributed by atoms with Gasteiger partial charge in [-0.25, -0.2) is 8.42 Å². The summed E-state index contributed by atoms with van der Waals surface area (Å²) in [5.74, 6) is -0.410. The molecule has 0 aromatic heterocycles. The topological polar surface area (TPSA) is 83.7 Å². The normalized spacial score (nSPS) is 18.4. The highest BCUT2D eigenvalue weighted by Crippen LogP contribution is 2.41. The van der Waals surface area contributed by atoms with E-state index in [0.29, 0.717) is 31.7 Å². The molecule has 25 heavy (non-hydrogen) atoms. The van der Waals surface area contributed by atoms with E-state index in [1.165, 1.54) is 15.5 Å². The summed E-state index contributed by atoms with van der Waals surface area (Å²) >= 11 is 0. The molecule has 2 aliphatic rings. The molecule has 1 fully saturated rings. The molecule has 1 heterocycles.